The SMILES string of the molecule is CCCCCCCCCCCC/C=C/CC/C=C/CC/C=C/CCCC(O)C(O)C(CO)NC(=O)C(O)CCCCCCCCCCCCCCCCC/C=C\CCCCCCCCCCCCCC. The number of amides is 1. The number of aliphatic hydroxyl groups excluding tert-OH is 4. The van der Waals surface area contributed by atoms with Gasteiger partial charge in [0.15, 0.2) is 0 Å². The van der Waals surface area contributed by atoms with Crippen molar-refractivity contribution in [1.29, 1.82) is 0 Å². The summed E-state index contributed by atoms with van der Waals surface area (Å²) >= 11 is 0. The number of aliphatic hydroxyl groups is 4. The van der Waals surface area contributed by atoms with Gasteiger partial charge in [-0.05, 0) is 89.9 Å². The average molecular weight is 985 g/mol. The Kier molecular flexibility index (Phi) is 56.7. The van der Waals surface area contributed by atoms with Gasteiger partial charge in [0.1, 0.15) is 12.2 Å². The fourth-order valence-electron chi connectivity index (χ4n) is 9.61. The molecule has 4 atom stereocenters. The van der Waals surface area contributed by atoms with Crippen molar-refractivity contribution in [3.05, 3.63) is 48.6 Å². The number of nitrogens with one attached hydrogen (secondary N) is 1. The molecule has 0 aromatic heterocycles. The highest BCUT2D eigenvalue weighted by atomic mass is 16.3. The molecule has 70 heavy (non-hydrogen) atoms. The zero-order chi connectivity index (χ0) is 50.9. The van der Waals surface area contributed by atoms with Crippen LogP contribution in [0.1, 0.15) is 322 Å². The van der Waals surface area contributed by atoms with E-state index in [0.717, 1.165) is 51.4 Å². The maximum Gasteiger partial charge on any atom is 0.249 e. The molecule has 0 bridgehead atoms. The molecule has 0 rings (SSSR count). The molecule has 0 aliphatic heterocycles. The van der Waals surface area contributed by atoms with Crippen LogP contribution in [0.15, 0.2) is 48.6 Å². The summed E-state index contributed by atoms with van der Waals surface area (Å²) in [6.07, 6.45) is 74.9. The molecule has 412 valence electrons. The largest absolute Gasteiger partial charge is 0.394 e. The summed E-state index contributed by atoms with van der Waals surface area (Å²) < 4.78 is 0. The Bertz CT molecular complexity index is 1150. The van der Waals surface area contributed by atoms with E-state index in [9.17, 15) is 25.2 Å². The molecule has 0 fully saturated rings. The second-order valence-electron chi connectivity index (χ2n) is 21.4. The minimum Gasteiger partial charge on any atom is -0.394 e. The van der Waals surface area contributed by atoms with Crippen molar-refractivity contribution in [2.45, 2.75) is 346 Å². The molecule has 0 spiro atoms. The number of allylic oxidation sites excluding steroid dienone is 8. The van der Waals surface area contributed by atoms with Crippen LogP contribution in [0.25, 0.3) is 0 Å². The molecule has 5 N–H and O–H groups in total. The lowest BCUT2D eigenvalue weighted by Gasteiger charge is -2.27. The van der Waals surface area contributed by atoms with Crippen LogP contribution in [-0.4, -0.2) is 57.3 Å². The smallest absolute Gasteiger partial charge is 0.249 e. The molecular formula is C64H121NO5. The number of rotatable bonds is 57. The van der Waals surface area contributed by atoms with Gasteiger partial charge in [-0.25, -0.2) is 0 Å². The topological polar surface area (TPSA) is 110 Å². The predicted molar refractivity (Wildman–Crippen MR) is 307 cm³/mol. The summed E-state index contributed by atoms with van der Waals surface area (Å²) in [5.41, 5.74) is 0. The van der Waals surface area contributed by atoms with Crippen molar-refractivity contribution >= 4 is 5.91 Å². The quantitative estimate of drug-likeness (QED) is 0.0308. The Balaban J connectivity index is 3.64. The lowest BCUT2D eigenvalue weighted by Crippen LogP contribution is -2.53. The highest BCUT2D eigenvalue weighted by Gasteiger charge is 2.28. The summed E-state index contributed by atoms with van der Waals surface area (Å²) in [6.45, 7) is 4.07. The molecule has 0 aromatic carbocycles. The van der Waals surface area contributed by atoms with Gasteiger partial charge >= 0.3 is 0 Å². The normalized spacial score (nSPS) is 14.0. The maximum atomic E-state index is 12.6. The lowest BCUT2D eigenvalue weighted by molar-refractivity contribution is -0.132. The minimum atomic E-state index is -1.30. The summed E-state index contributed by atoms with van der Waals surface area (Å²) in [5, 5.41) is 44.0. The van der Waals surface area contributed by atoms with Gasteiger partial charge in [0.05, 0.1) is 18.8 Å². The molecule has 0 saturated carbocycles. The third-order valence-corrected chi connectivity index (χ3v) is 14.5. The third-order valence-electron chi connectivity index (χ3n) is 14.5. The van der Waals surface area contributed by atoms with Crippen LogP contribution in [0.4, 0.5) is 0 Å². The first-order valence-corrected chi connectivity index (χ1v) is 31.0. The molecule has 1 amide bonds. The van der Waals surface area contributed by atoms with E-state index >= 15 is 0 Å². The fraction of sp³-hybridized carbons (Fsp3) is 0.859. The standard InChI is InChI=1S/C64H121NO5/c1-3-5-7-9-11-13-15-17-19-21-23-25-27-28-29-30-31-32-33-34-36-38-40-42-44-46-48-50-52-54-56-58-62(68)64(70)65-60(59-66)63(69)61(67)57-55-53-51-49-47-45-43-41-39-37-35-26-24-22-20-18-16-14-12-10-8-6-4-2/h26,28-29,35,41,43,49,51,60-63,66-69H,3-25,27,30-34,36-40,42,44-48,50,52-59H2,1-2H3,(H,65,70)/b29-28-,35-26+,43-41+,51-49+. The highest BCUT2D eigenvalue weighted by molar-refractivity contribution is 5.80. The second-order valence-corrected chi connectivity index (χ2v) is 21.4. The van der Waals surface area contributed by atoms with Gasteiger partial charge in [0.25, 0.3) is 0 Å². The van der Waals surface area contributed by atoms with Gasteiger partial charge in [-0.1, -0.05) is 281 Å². The van der Waals surface area contributed by atoms with Gasteiger partial charge in [-0.3, -0.25) is 4.79 Å². The van der Waals surface area contributed by atoms with E-state index in [-0.39, 0.29) is 0 Å². The minimum absolute atomic E-state index is 0.359. The molecule has 6 heteroatoms. The zero-order valence-corrected chi connectivity index (χ0v) is 46.8. The van der Waals surface area contributed by atoms with Gasteiger partial charge in [-0.15, -0.1) is 0 Å². The van der Waals surface area contributed by atoms with E-state index in [0.29, 0.717) is 19.3 Å². The summed E-state index contributed by atoms with van der Waals surface area (Å²) in [7, 11) is 0. The molecule has 0 heterocycles. The Labute approximate surface area is 436 Å². The molecular weight excluding hydrogens is 863 g/mol. The van der Waals surface area contributed by atoms with Crippen LogP contribution >= 0.6 is 0 Å². The van der Waals surface area contributed by atoms with Gasteiger partial charge in [0.2, 0.25) is 5.91 Å². The summed E-state index contributed by atoms with van der Waals surface area (Å²) in [4.78, 5) is 12.6. The van der Waals surface area contributed by atoms with Crippen LogP contribution in [-0.2, 0) is 4.79 Å². The average Bonchev–Trinajstić information content (AvgIpc) is 3.36. The molecule has 0 saturated heterocycles. The first-order valence-electron chi connectivity index (χ1n) is 31.0. The Morgan fingerprint density at radius 2 is 0.600 bits per heavy atom. The van der Waals surface area contributed by atoms with Crippen molar-refractivity contribution in [1.82, 2.24) is 5.32 Å². The number of hydrogen-bond donors (Lipinski definition) is 5. The van der Waals surface area contributed by atoms with Gasteiger partial charge in [-0.2, -0.15) is 0 Å². The van der Waals surface area contributed by atoms with Crippen LogP contribution < -0.4 is 5.32 Å². The predicted octanol–water partition coefficient (Wildman–Crippen LogP) is 18.5. The first kappa shape index (κ1) is 68.3. The van der Waals surface area contributed by atoms with Crippen molar-refractivity contribution in [3.8, 4) is 0 Å². The molecule has 0 aliphatic rings. The van der Waals surface area contributed by atoms with Crippen LogP contribution in [0.3, 0.4) is 0 Å². The van der Waals surface area contributed by atoms with E-state index in [1.165, 1.54) is 238 Å². The van der Waals surface area contributed by atoms with E-state index in [4.69, 9.17) is 0 Å². The van der Waals surface area contributed by atoms with E-state index < -0.39 is 36.9 Å². The van der Waals surface area contributed by atoms with Crippen molar-refractivity contribution < 1.29 is 25.2 Å². The maximum absolute atomic E-state index is 12.6. The molecule has 0 radical (unpaired) electrons. The summed E-state index contributed by atoms with van der Waals surface area (Å²) in [6, 6.07) is -1.01. The lowest BCUT2D eigenvalue weighted by atomic mass is 10.00. The van der Waals surface area contributed by atoms with Crippen molar-refractivity contribution in [2.24, 2.45) is 0 Å². The second kappa shape index (κ2) is 58.2. The number of carbonyl (C=O) groups is 1. The number of unbranched alkanes of at least 4 members (excludes halogenated alkanes) is 40. The van der Waals surface area contributed by atoms with E-state index in [1.807, 2.05) is 0 Å². The first-order chi connectivity index (χ1) is 34.5. The Morgan fingerprint density at radius 3 is 0.900 bits per heavy atom. The molecule has 6 nitrogen and oxygen atoms in total. The van der Waals surface area contributed by atoms with Crippen molar-refractivity contribution in [2.75, 3.05) is 6.61 Å². The monoisotopic (exact) mass is 984 g/mol. The van der Waals surface area contributed by atoms with E-state index in [1.54, 1.807) is 0 Å². The van der Waals surface area contributed by atoms with Crippen LogP contribution in [0.2, 0.25) is 0 Å². The molecule has 0 aliphatic carbocycles. The van der Waals surface area contributed by atoms with Crippen molar-refractivity contribution in [3.63, 3.8) is 0 Å². The fourth-order valence-corrected chi connectivity index (χ4v) is 9.61. The number of carbonyl (C=O) groups excluding carboxylic acids is 1. The third kappa shape index (κ3) is 51.2. The van der Waals surface area contributed by atoms with Crippen LogP contribution in [0.5, 0.6) is 0 Å². The summed E-state index contributed by atoms with van der Waals surface area (Å²) in [5.74, 6) is -0.596. The Hall–Kier alpha value is -1.73. The molecule has 4 unspecified atom stereocenters. The Morgan fingerprint density at radius 1 is 0.343 bits per heavy atom. The number of hydrogen-bond acceptors (Lipinski definition) is 5. The van der Waals surface area contributed by atoms with Gasteiger partial charge < -0.3 is 25.7 Å². The molecule has 0 aromatic rings. The van der Waals surface area contributed by atoms with E-state index in [2.05, 4.69) is 67.8 Å². The highest BCUT2D eigenvalue weighted by Crippen LogP contribution is 2.17. The zero-order valence-electron chi connectivity index (χ0n) is 46.8. The van der Waals surface area contributed by atoms with Gasteiger partial charge in [0, 0.05) is 0 Å². The van der Waals surface area contributed by atoms with Crippen LogP contribution in [0, 0.1) is 0 Å².